The predicted molar refractivity (Wildman–Crippen MR) is 63.3 cm³/mol. The summed E-state index contributed by atoms with van der Waals surface area (Å²) in [5.74, 6) is 0.0888. The highest BCUT2D eigenvalue weighted by atomic mass is 16.3. The highest BCUT2D eigenvalue weighted by Gasteiger charge is 2.45. The number of carbonyl (C=O) groups is 1. The first-order valence-electron chi connectivity index (χ1n) is 5.92. The molecule has 1 saturated carbocycles. The second-order valence-corrected chi connectivity index (χ2v) is 4.66. The van der Waals surface area contributed by atoms with Gasteiger partial charge in [-0.25, -0.2) is 0 Å². The van der Waals surface area contributed by atoms with Crippen molar-refractivity contribution in [3.05, 3.63) is 35.9 Å². The molecule has 0 spiro atoms. The Morgan fingerprint density at radius 3 is 2.56 bits per heavy atom. The second-order valence-electron chi connectivity index (χ2n) is 4.66. The van der Waals surface area contributed by atoms with Gasteiger partial charge in [-0.15, -0.1) is 0 Å². The van der Waals surface area contributed by atoms with Gasteiger partial charge in [-0.05, 0) is 25.3 Å². The number of hydrogen-bond acceptors (Lipinski definition) is 2. The third-order valence-corrected chi connectivity index (χ3v) is 3.78. The topological polar surface area (TPSA) is 37.3 Å². The molecule has 1 fully saturated rings. The summed E-state index contributed by atoms with van der Waals surface area (Å²) in [6, 6.07) is 9.71. The summed E-state index contributed by atoms with van der Waals surface area (Å²) in [4.78, 5) is 12.0. The van der Waals surface area contributed by atoms with E-state index in [0.29, 0.717) is 0 Å². The molecule has 1 aromatic rings. The molecule has 2 atom stereocenters. The van der Waals surface area contributed by atoms with Crippen LogP contribution in [0, 0.1) is 0 Å². The normalized spacial score (nSPS) is 30.0. The Balaban J connectivity index is 2.46. The van der Waals surface area contributed by atoms with E-state index in [4.69, 9.17) is 0 Å². The highest BCUT2D eigenvalue weighted by molar-refractivity contribution is 5.89. The van der Waals surface area contributed by atoms with Crippen molar-refractivity contribution in [3.63, 3.8) is 0 Å². The molecule has 0 saturated heterocycles. The van der Waals surface area contributed by atoms with Crippen LogP contribution in [0.2, 0.25) is 0 Å². The van der Waals surface area contributed by atoms with Gasteiger partial charge in [0.25, 0.3) is 0 Å². The van der Waals surface area contributed by atoms with Crippen molar-refractivity contribution >= 4 is 5.78 Å². The van der Waals surface area contributed by atoms with E-state index in [1.807, 2.05) is 30.3 Å². The third kappa shape index (κ3) is 1.67. The number of Topliss-reactive ketones (excluding diaryl/α,β-unsaturated/α-hetero) is 1. The minimum Gasteiger partial charge on any atom is -0.392 e. The van der Waals surface area contributed by atoms with Crippen LogP contribution in [0.1, 0.15) is 38.2 Å². The molecule has 2 heteroatoms. The second kappa shape index (κ2) is 4.38. The number of hydrogen-bond donors (Lipinski definition) is 1. The zero-order valence-electron chi connectivity index (χ0n) is 9.65. The molecule has 1 aromatic carbocycles. The maximum atomic E-state index is 12.0. The lowest BCUT2D eigenvalue weighted by Crippen LogP contribution is -2.47. The molecule has 86 valence electrons. The van der Waals surface area contributed by atoms with Crippen LogP contribution in [0.3, 0.4) is 0 Å². The van der Waals surface area contributed by atoms with Gasteiger partial charge in [-0.1, -0.05) is 43.2 Å². The molecule has 0 bridgehead atoms. The molecule has 1 aliphatic rings. The number of benzene rings is 1. The maximum absolute atomic E-state index is 12.0. The van der Waals surface area contributed by atoms with Gasteiger partial charge in [0, 0.05) is 0 Å². The Bertz CT molecular complexity index is 372. The molecule has 0 unspecified atom stereocenters. The van der Waals surface area contributed by atoms with E-state index in [0.717, 1.165) is 31.2 Å². The molecule has 2 nitrogen and oxygen atoms in total. The summed E-state index contributed by atoms with van der Waals surface area (Å²) in [5.41, 5.74) is 0.314. The average Bonchev–Trinajstić information content (AvgIpc) is 2.30. The summed E-state index contributed by atoms with van der Waals surface area (Å²) < 4.78 is 0. The van der Waals surface area contributed by atoms with Crippen molar-refractivity contribution in [1.82, 2.24) is 0 Å². The van der Waals surface area contributed by atoms with E-state index >= 15 is 0 Å². The minimum atomic E-state index is -0.653. The lowest BCUT2D eigenvalue weighted by molar-refractivity contribution is -0.128. The monoisotopic (exact) mass is 218 g/mol. The molecule has 0 amide bonds. The van der Waals surface area contributed by atoms with Crippen molar-refractivity contribution in [3.8, 4) is 0 Å². The van der Waals surface area contributed by atoms with Gasteiger partial charge in [-0.2, -0.15) is 0 Å². The molecule has 0 radical (unpaired) electrons. The fraction of sp³-hybridized carbons (Fsp3) is 0.500. The van der Waals surface area contributed by atoms with Gasteiger partial charge in [0.2, 0.25) is 0 Å². The first kappa shape index (κ1) is 11.3. The van der Waals surface area contributed by atoms with Gasteiger partial charge in [0.05, 0.1) is 11.5 Å². The standard InChI is InChI=1S/C14H18O2/c1-11(15)14(10-6-5-9-13(14)16)12-7-3-2-4-8-12/h2-4,7-8,13,16H,5-6,9-10H2,1H3/t13-,14+/m0/s1. The molecular formula is C14H18O2. The lowest BCUT2D eigenvalue weighted by atomic mass is 9.65. The predicted octanol–water partition coefficient (Wildman–Crippen LogP) is 2.45. The molecule has 1 N–H and O–H groups in total. The molecule has 0 heterocycles. The van der Waals surface area contributed by atoms with Gasteiger partial charge >= 0.3 is 0 Å². The smallest absolute Gasteiger partial charge is 0.142 e. The Hall–Kier alpha value is -1.15. The molecule has 0 aliphatic heterocycles. The zero-order chi connectivity index (χ0) is 11.6. The van der Waals surface area contributed by atoms with Crippen LogP contribution in [0.5, 0.6) is 0 Å². The molecule has 0 aromatic heterocycles. The number of carbonyl (C=O) groups excluding carboxylic acids is 1. The van der Waals surface area contributed by atoms with Crippen LogP contribution in [0.4, 0.5) is 0 Å². The largest absolute Gasteiger partial charge is 0.392 e. The zero-order valence-corrected chi connectivity index (χ0v) is 9.65. The van der Waals surface area contributed by atoms with Crippen molar-refractivity contribution in [2.45, 2.75) is 44.1 Å². The van der Waals surface area contributed by atoms with Gasteiger partial charge in [-0.3, -0.25) is 4.79 Å². The first-order valence-corrected chi connectivity index (χ1v) is 5.92. The Labute approximate surface area is 96.3 Å². The van der Waals surface area contributed by atoms with Crippen molar-refractivity contribution in [2.75, 3.05) is 0 Å². The van der Waals surface area contributed by atoms with Crippen LogP contribution in [-0.4, -0.2) is 17.0 Å². The van der Waals surface area contributed by atoms with E-state index in [2.05, 4.69) is 0 Å². The third-order valence-electron chi connectivity index (χ3n) is 3.78. The van der Waals surface area contributed by atoms with Crippen LogP contribution >= 0.6 is 0 Å². The number of aliphatic hydroxyl groups is 1. The fourth-order valence-corrected chi connectivity index (χ4v) is 2.84. The SMILES string of the molecule is CC(=O)[C@@]1(c2ccccc2)CCCC[C@@H]1O. The van der Waals surface area contributed by atoms with Gasteiger partial charge in [0.15, 0.2) is 0 Å². The Morgan fingerprint density at radius 1 is 1.31 bits per heavy atom. The maximum Gasteiger partial charge on any atom is 0.142 e. The van der Waals surface area contributed by atoms with Crippen LogP contribution in [0.15, 0.2) is 30.3 Å². The van der Waals surface area contributed by atoms with Crippen molar-refractivity contribution < 1.29 is 9.90 Å². The van der Waals surface area contributed by atoms with Crippen LogP contribution in [0.25, 0.3) is 0 Å². The van der Waals surface area contributed by atoms with E-state index < -0.39 is 11.5 Å². The van der Waals surface area contributed by atoms with Crippen LogP contribution in [-0.2, 0) is 10.2 Å². The fourth-order valence-electron chi connectivity index (χ4n) is 2.84. The number of rotatable bonds is 2. The number of aliphatic hydroxyl groups excluding tert-OH is 1. The first-order chi connectivity index (χ1) is 7.68. The highest BCUT2D eigenvalue weighted by Crippen LogP contribution is 2.40. The molecular weight excluding hydrogens is 200 g/mol. The van der Waals surface area contributed by atoms with E-state index in [-0.39, 0.29) is 5.78 Å². The minimum absolute atomic E-state index is 0.0888. The number of ketones is 1. The van der Waals surface area contributed by atoms with Crippen LogP contribution < -0.4 is 0 Å². The average molecular weight is 218 g/mol. The summed E-state index contributed by atoms with van der Waals surface area (Å²) in [6.45, 7) is 1.60. The van der Waals surface area contributed by atoms with E-state index in [1.54, 1.807) is 6.92 Å². The van der Waals surface area contributed by atoms with Gasteiger partial charge < -0.3 is 5.11 Å². The Morgan fingerprint density at radius 2 is 2.00 bits per heavy atom. The van der Waals surface area contributed by atoms with E-state index in [9.17, 15) is 9.90 Å². The molecule has 1 aliphatic carbocycles. The quantitative estimate of drug-likeness (QED) is 0.828. The van der Waals surface area contributed by atoms with Crippen molar-refractivity contribution in [1.29, 1.82) is 0 Å². The lowest BCUT2D eigenvalue weighted by Gasteiger charge is -2.40. The summed E-state index contributed by atoms with van der Waals surface area (Å²) in [5, 5.41) is 10.2. The van der Waals surface area contributed by atoms with Crippen molar-refractivity contribution in [2.24, 2.45) is 0 Å². The Kier molecular flexibility index (Phi) is 3.10. The van der Waals surface area contributed by atoms with E-state index in [1.165, 1.54) is 0 Å². The summed E-state index contributed by atoms with van der Waals surface area (Å²) >= 11 is 0. The summed E-state index contributed by atoms with van der Waals surface area (Å²) in [6.07, 6.45) is 3.01. The molecule has 2 rings (SSSR count). The molecule has 16 heavy (non-hydrogen) atoms. The summed E-state index contributed by atoms with van der Waals surface area (Å²) in [7, 11) is 0. The van der Waals surface area contributed by atoms with Gasteiger partial charge in [0.1, 0.15) is 5.78 Å².